The molecule has 21 heavy (non-hydrogen) atoms. The minimum Gasteiger partial charge on any atom is -0.332 e. The first-order valence-electron chi connectivity index (χ1n) is 6.10. The van der Waals surface area contributed by atoms with E-state index < -0.39 is 0 Å². The first kappa shape index (κ1) is 16.4. The number of aromatic nitrogens is 2. The van der Waals surface area contributed by atoms with Crippen molar-refractivity contribution in [2.45, 2.75) is 13.5 Å². The molecule has 110 valence electrons. The molecule has 2 N–H and O–H groups in total. The van der Waals surface area contributed by atoms with E-state index >= 15 is 0 Å². The van der Waals surface area contributed by atoms with Gasteiger partial charge in [-0.25, -0.2) is 0 Å². The molecule has 5 nitrogen and oxygen atoms in total. The molecule has 1 heterocycles. The summed E-state index contributed by atoms with van der Waals surface area (Å²) in [5.41, 5.74) is 1.13. The number of benzene rings is 1. The number of nitrogens with zero attached hydrogens (tertiary/aromatic N) is 2. The number of rotatable bonds is 3. The van der Waals surface area contributed by atoms with Gasteiger partial charge in [0.2, 0.25) is 0 Å². The monoisotopic (exact) mass is 478 g/mol. The predicted molar refractivity (Wildman–Crippen MR) is 98.4 cm³/mol. The Bertz CT molecular complexity index is 671. The summed E-state index contributed by atoms with van der Waals surface area (Å²) >= 11 is 10.7. The first-order chi connectivity index (χ1) is 9.99. The second-order valence-corrected chi connectivity index (χ2v) is 6.60. The number of nitrogens with one attached hydrogen (secondary N) is 2. The van der Waals surface area contributed by atoms with Crippen molar-refractivity contribution in [3.63, 3.8) is 0 Å². The molecule has 0 aliphatic rings. The molecule has 1 aromatic carbocycles. The van der Waals surface area contributed by atoms with Crippen LogP contribution in [0.5, 0.6) is 0 Å². The molecule has 1 aromatic heterocycles. The highest BCUT2D eigenvalue weighted by molar-refractivity contribution is 14.1. The molecule has 0 spiro atoms. The minimum atomic E-state index is -0.350. The van der Waals surface area contributed by atoms with Crippen molar-refractivity contribution in [1.29, 1.82) is 0 Å². The molecular formula is C13H12BrIN4OS. The van der Waals surface area contributed by atoms with E-state index in [0.717, 1.165) is 9.26 Å². The Morgan fingerprint density at radius 2 is 2.10 bits per heavy atom. The number of anilines is 1. The van der Waals surface area contributed by atoms with Gasteiger partial charge in [0.25, 0.3) is 5.91 Å². The van der Waals surface area contributed by atoms with E-state index in [-0.39, 0.29) is 11.0 Å². The normalized spacial score (nSPS) is 10.2. The summed E-state index contributed by atoms with van der Waals surface area (Å²) in [6.07, 6.45) is 1.75. The number of hydrogen-bond donors (Lipinski definition) is 2. The third kappa shape index (κ3) is 4.48. The Kier molecular flexibility index (Phi) is 5.71. The van der Waals surface area contributed by atoms with E-state index in [1.807, 2.05) is 31.2 Å². The van der Waals surface area contributed by atoms with Gasteiger partial charge in [0.1, 0.15) is 0 Å². The summed E-state index contributed by atoms with van der Waals surface area (Å²) in [6.45, 7) is 2.64. The molecule has 0 fully saturated rings. The second kappa shape index (κ2) is 7.32. The maximum absolute atomic E-state index is 12.1. The van der Waals surface area contributed by atoms with Crippen LogP contribution in [0.25, 0.3) is 0 Å². The summed E-state index contributed by atoms with van der Waals surface area (Å²) in [7, 11) is 0. The van der Waals surface area contributed by atoms with Gasteiger partial charge in [-0.3, -0.25) is 14.8 Å². The Balaban J connectivity index is 2.00. The molecular weight excluding hydrogens is 467 g/mol. The van der Waals surface area contributed by atoms with Gasteiger partial charge in [0, 0.05) is 22.0 Å². The zero-order valence-electron chi connectivity index (χ0n) is 11.1. The highest BCUT2D eigenvalue weighted by Gasteiger charge is 2.16. The van der Waals surface area contributed by atoms with Crippen molar-refractivity contribution in [2.24, 2.45) is 0 Å². The molecule has 0 bridgehead atoms. The fraction of sp³-hybridized carbons (Fsp3) is 0.154. The van der Waals surface area contributed by atoms with Crippen molar-refractivity contribution in [3.05, 3.63) is 44.2 Å². The van der Waals surface area contributed by atoms with Crippen molar-refractivity contribution in [3.8, 4) is 0 Å². The van der Waals surface area contributed by atoms with Crippen LogP contribution in [0.4, 0.5) is 5.69 Å². The van der Waals surface area contributed by atoms with Crippen LogP contribution < -0.4 is 10.6 Å². The van der Waals surface area contributed by atoms with Crippen LogP contribution in [-0.4, -0.2) is 20.8 Å². The maximum Gasteiger partial charge on any atom is 0.279 e. The number of carbonyl (C=O) groups excluding carboxylic acids is 1. The topological polar surface area (TPSA) is 59.0 Å². The first-order valence-corrected chi connectivity index (χ1v) is 8.38. The van der Waals surface area contributed by atoms with Gasteiger partial charge in [-0.2, -0.15) is 5.10 Å². The highest BCUT2D eigenvalue weighted by Crippen LogP contribution is 2.15. The molecule has 2 rings (SSSR count). The number of hydrogen-bond acceptors (Lipinski definition) is 3. The molecule has 2 aromatic rings. The summed E-state index contributed by atoms with van der Waals surface area (Å²) in [6, 6.07) is 7.68. The molecule has 0 aliphatic heterocycles. The van der Waals surface area contributed by atoms with E-state index in [1.54, 1.807) is 10.9 Å². The summed E-state index contributed by atoms with van der Waals surface area (Å²) in [5, 5.41) is 9.97. The Hall–Kier alpha value is -1.00. The molecule has 0 aliphatic carbocycles. The average Bonchev–Trinajstić information content (AvgIpc) is 2.82. The smallest absolute Gasteiger partial charge is 0.279 e. The fourth-order valence-corrected chi connectivity index (χ4v) is 2.64. The minimum absolute atomic E-state index is 0.235. The zero-order chi connectivity index (χ0) is 15.4. The van der Waals surface area contributed by atoms with Crippen LogP contribution in [0.1, 0.15) is 17.4 Å². The van der Waals surface area contributed by atoms with Crippen LogP contribution in [0.15, 0.2) is 34.9 Å². The van der Waals surface area contributed by atoms with Gasteiger partial charge < -0.3 is 5.32 Å². The predicted octanol–water partition coefficient (Wildman–Crippen LogP) is 3.40. The van der Waals surface area contributed by atoms with Gasteiger partial charge in [-0.05, 0) is 81.9 Å². The van der Waals surface area contributed by atoms with Crippen LogP contribution in [0.3, 0.4) is 0 Å². The van der Waals surface area contributed by atoms with Crippen molar-refractivity contribution in [2.75, 3.05) is 5.32 Å². The van der Waals surface area contributed by atoms with Gasteiger partial charge in [-0.15, -0.1) is 0 Å². The molecule has 0 saturated carbocycles. The number of carbonyl (C=O) groups is 1. The van der Waals surface area contributed by atoms with Gasteiger partial charge >= 0.3 is 0 Å². The lowest BCUT2D eigenvalue weighted by atomic mass is 10.3. The van der Waals surface area contributed by atoms with Crippen LogP contribution >= 0.6 is 50.7 Å². The number of thiocarbonyl (C=S) groups is 1. The van der Waals surface area contributed by atoms with Crippen molar-refractivity contribution < 1.29 is 4.79 Å². The molecule has 0 unspecified atom stereocenters. The van der Waals surface area contributed by atoms with Crippen LogP contribution in [0, 0.1) is 3.57 Å². The highest BCUT2D eigenvalue weighted by atomic mass is 127. The Morgan fingerprint density at radius 3 is 2.67 bits per heavy atom. The largest absolute Gasteiger partial charge is 0.332 e. The van der Waals surface area contributed by atoms with Gasteiger partial charge in [0.05, 0.1) is 4.47 Å². The quantitative estimate of drug-likeness (QED) is 0.524. The van der Waals surface area contributed by atoms with Crippen LogP contribution in [0.2, 0.25) is 0 Å². The third-order valence-electron chi connectivity index (χ3n) is 2.59. The third-order valence-corrected chi connectivity index (χ3v) is 4.09. The summed E-state index contributed by atoms with van der Waals surface area (Å²) in [4.78, 5) is 12.1. The van der Waals surface area contributed by atoms with E-state index in [2.05, 4.69) is 54.3 Å². The fourth-order valence-electron chi connectivity index (χ4n) is 1.57. The standard InChI is InChI=1S/C13H12BrIN4OS/c1-2-19-7-10(14)11(18-19)12(20)17-13(21)16-9-5-3-8(15)4-6-9/h3-7H,2H2,1H3,(H2,16,17,20,21). The number of amides is 1. The summed E-state index contributed by atoms with van der Waals surface area (Å²) in [5.74, 6) is -0.350. The van der Waals surface area contributed by atoms with E-state index in [0.29, 0.717) is 16.7 Å². The molecule has 0 atom stereocenters. The van der Waals surface area contributed by atoms with Crippen molar-refractivity contribution >= 4 is 67.4 Å². The summed E-state index contributed by atoms with van der Waals surface area (Å²) < 4.78 is 3.44. The Morgan fingerprint density at radius 1 is 1.43 bits per heavy atom. The van der Waals surface area contributed by atoms with Crippen LogP contribution in [-0.2, 0) is 6.54 Å². The van der Waals surface area contributed by atoms with Gasteiger partial charge in [0.15, 0.2) is 10.8 Å². The second-order valence-electron chi connectivity index (χ2n) is 4.10. The molecule has 0 saturated heterocycles. The molecule has 8 heteroatoms. The lowest BCUT2D eigenvalue weighted by Crippen LogP contribution is -2.34. The lowest BCUT2D eigenvalue weighted by molar-refractivity contribution is 0.0971. The van der Waals surface area contributed by atoms with E-state index in [4.69, 9.17) is 12.2 Å². The lowest BCUT2D eigenvalue weighted by Gasteiger charge is -2.08. The molecule has 0 radical (unpaired) electrons. The SMILES string of the molecule is CCn1cc(Br)c(C(=O)NC(=S)Nc2ccc(I)cc2)n1. The van der Waals surface area contributed by atoms with Crippen molar-refractivity contribution in [1.82, 2.24) is 15.1 Å². The molecule has 1 amide bonds. The van der Waals surface area contributed by atoms with E-state index in [1.165, 1.54) is 0 Å². The Labute approximate surface area is 149 Å². The maximum atomic E-state index is 12.1. The van der Waals surface area contributed by atoms with E-state index in [9.17, 15) is 4.79 Å². The average molecular weight is 479 g/mol. The van der Waals surface area contributed by atoms with Gasteiger partial charge in [-0.1, -0.05) is 0 Å². The number of aryl methyl sites for hydroxylation is 1. The number of halogens is 2. The zero-order valence-corrected chi connectivity index (χ0v) is 15.6.